The number of benzene rings is 1. The van der Waals surface area contributed by atoms with Crippen LogP contribution in [0.2, 0.25) is 0 Å². The Morgan fingerprint density at radius 1 is 1.00 bits per heavy atom. The Balaban J connectivity index is 2.51. The summed E-state index contributed by atoms with van der Waals surface area (Å²) in [4.78, 5) is 16.1. The molecular weight excluding hydrogens is 527 g/mol. The average molecular weight is 558 g/mol. The van der Waals surface area contributed by atoms with Gasteiger partial charge in [0.15, 0.2) is 5.69 Å². The minimum Gasteiger partial charge on any atom is -0.493 e. The first-order chi connectivity index (χ1) is 17.6. The molecule has 15 heteroatoms. The fraction of sp³-hybridized carbons (Fsp3) is 0.478. The molecule has 0 saturated heterocycles. The average Bonchev–Trinajstić information content (AvgIpc) is 2.83. The molecule has 1 heterocycles. The van der Waals surface area contributed by atoms with E-state index in [-0.39, 0.29) is 23.7 Å². The van der Waals surface area contributed by atoms with Crippen molar-refractivity contribution >= 4 is 21.4 Å². The number of hydrogen-bond acceptors (Lipinski definition) is 9. The van der Waals surface area contributed by atoms with E-state index < -0.39 is 44.5 Å². The van der Waals surface area contributed by atoms with Gasteiger partial charge in [0.1, 0.15) is 17.2 Å². The summed E-state index contributed by atoms with van der Waals surface area (Å²) in [5.74, 6) is -1.08. The first kappa shape index (κ1) is 30.9. The van der Waals surface area contributed by atoms with Crippen molar-refractivity contribution in [3.05, 3.63) is 45.7 Å². The van der Waals surface area contributed by atoms with Crippen molar-refractivity contribution in [1.29, 1.82) is 5.26 Å². The molecule has 11 nitrogen and oxygen atoms in total. The lowest BCUT2D eigenvalue weighted by atomic mass is 10.1. The number of alkyl halides is 3. The van der Waals surface area contributed by atoms with Gasteiger partial charge in [0, 0.05) is 26.7 Å². The van der Waals surface area contributed by atoms with Crippen LogP contribution in [0.1, 0.15) is 17.5 Å². The number of rotatable bonds is 11. The molecule has 2 rings (SSSR count). The molecule has 1 aromatic heterocycles. The second kappa shape index (κ2) is 12.5. The topological polar surface area (TPSA) is 135 Å². The van der Waals surface area contributed by atoms with Gasteiger partial charge in [0.25, 0.3) is 5.56 Å². The molecule has 2 aromatic rings. The van der Waals surface area contributed by atoms with Crippen LogP contribution in [0, 0.1) is 11.3 Å². The number of aromatic nitrogens is 1. The third-order valence-electron chi connectivity index (χ3n) is 5.47. The van der Waals surface area contributed by atoms with E-state index in [4.69, 9.17) is 0 Å². The van der Waals surface area contributed by atoms with Gasteiger partial charge >= 0.3 is 6.18 Å². The first-order valence-electron chi connectivity index (χ1n) is 11.4. The van der Waals surface area contributed by atoms with Crippen LogP contribution in [0.15, 0.2) is 44.2 Å². The van der Waals surface area contributed by atoms with Gasteiger partial charge in [-0.15, -0.1) is 5.11 Å². The van der Waals surface area contributed by atoms with Gasteiger partial charge in [-0.1, -0.05) is 0 Å². The highest BCUT2D eigenvalue weighted by molar-refractivity contribution is 7.89. The fourth-order valence-corrected chi connectivity index (χ4v) is 4.52. The molecule has 0 aliphatic heterocycles. The molecule has 0 saturated carbocycles. The Bertz CT molecular complexity index is 1360. The molecule has 0 spiro atoms. The Kier molecular flexibility index (Phi) is 10.2. The van der Waals surface area contributed by atoms with Crippen molar-refractivity contribution in [2.75, 3.05) is 54.9 Å². The molecule has 38 heavy (non-hydrogen) atoms. The fourth-order valence-electron chi connectivity index (χ4n) is 3.36. The van der Waals surface area contributed by atoms with Crippen LogP contribution < -0.4 is 5.56 Å². The SMILES string of the molecule is CN(C)CCCn1c(O)c(/N=N/c2ccc(S(=O)(=O)N(C)CCN(C)C)cc2)c(C(F)(F)F)c(C#N)c1=O. The summed E-state index contributed by atoms with van der Waals surface area (Å²) in [6, 6.07) is 6.20. The maximum Gasteiger partial charge on any atom is 0.420 e. The number of nitrogens with zero attached hydrogens (tertiary/aromatic N) is 7. The van der Waals surface area contributed by atoms with Gasteiger partial charge in [-0.25, -0.2) is 8.42 Å². The second-order valence-electron chi connectivity index (χ2n) is 8.97. The number of pyridine rings is 1. The minimum absolute atomic E-state index is 0.0173. The lowest BCUT2D eigenvalue weighted by molar-refractivity contribution is -0.137. The summed E-state index contributed by atoms with van der Waals surface area (Å²) in [5.41, 5.74) is -5.30. The molecule has 208 valence electrons. The molecule has 0 atom stereocenters. The van der Waals surface area contributed by atoms with Crippen molar-refractivity contribution in [1.82, 2.24) is 18.7 Å². The van der Waals surface area contributed by atoms with Gasteiger partial charge in [-0.3, -0.25) is 9.36 Å². The first-order valence-corrected chi connectivity index (χ1v) is 12.8. The molecule has 1 N–H and O–H groups in total. The summed E-state index contributed by atoms with van der Waals surface area (Å²) in [5, 5.41) is 27.2. The van der Waals surface area contributed by atoms with Gasteiger partial charge in [-0.05, 0) is 65.4 Å². The van der Waals surface area contributed by atoms with E-state index in [9.17, 15) is 36.8 Å². The Morgan fingerprint density at radius 3 is 2.08 bits per heavy atom. The zero-order chi connectivity index (χ0) is 28.8. The molecule has 1 aromatic carbocycles. The van der Waals surface area contributed by atoms with E-state index >= 15 is 0 Å². The maximum absolute atomic E-state index is 13.9. The minimum atomic E-state index is -5.19. The zero-order valence-electron chi connectivity index (χ0n) is 21.7. The Labute approximate surface area is 219 Å². The highest BCUT2D eigenvalue weighted by Gasteiger charge is 2.41. The molecule has 0 aliphatic rings. The third kappa shape index (κ3) is 7.38. The monoisotopic (exact) mass is 557 g/mol. The van der Waals surface area contributed by atoms with E-state index in [1.807, 2.05) is 4.90 Å². The molecule has 0 unspecified atom stereocenters. The predicted molar refractivity (Wildman–Crippen MR) is 134 cm³/mol. The Morgan fingerprint density at radius 2 is 1.58 bits per heavy atom. The van der Waals surface area contributed by atoms with E-state index in [0.717, 1.165) is 0 Å². The van der Waals surface area contributed by atoms with Crippen LogP contribution >= 0.6 is 0 Å². The van der Waals surface area contributed by atoms with E-state index in [2.05, 4.69) is 10.2 Å². The van der Waals surface area contributed by atoms with Crippen LogP contribution in [0.5, 0.6) is 5.88 Å². The smallest absolute Gasteiger partial charge is 0.420 e. The van der Waals surface area contributed by atoms with E-state index in [1.165, 1.54) is 41.7 Å². The van der Waals surface area contributed by atoms with Crippen molar-refractivity contribution < 1.29 is 26.7 Å². The lowest BCUT2D eigenvalue weighted by Gasteiger charge is -2.19. The Hall–Kier alpha value is -3.32. The maximum atomic E-state index is 13.9. The van der Waals surface area contributed by atoms with Crippen LogP contribution in [-0.4, -0.2) is 87.1 Å². The normalized spacial score (nSPS) is 12.7. The van der Waals surface area contributed by atoms with Gasteiger partial charge < -0.3 is 14.9 Å². The van der Waals surface area contributed by atoms with Gasteiger partial charge in [0.2, 0.25) is 15.9 Å². The van der Waals surface area contributed by atoms with Crippen LogP contribution in [0.4, 0.5) is 24.5 Å². The number of likely N-dealkylation sites (N-methyl/N-ethyl adjacent to an activating group) is 2. The zero-order valence-corrected chi connectivity index (χ0v) is 22.5. The summed E-state index contributed by atoms with van der Waals surface area (Å²) < 4.78 is 68.8. The number of hydrogen-bond donors (Lipinski definition) is 1. The number of azo groups is 1. The highest BCUT2D eigenvalue weighted by Crippen LogP contribution is 2.42. The molecule has 0 bridgehead atoms. The second-order valence-corrected chi connectivity index (χ2v) is 11.0. The summed E-state index contributed by atoms with van der Waals surface area (Å²) in [6.07, 6.45) is -4.89. The number of halogens is 3. The largest absolute Gasteiger partial charge is 0.493 e. The highest BCUT2D eigenvalue weighted by atomic mass is 32.2. The van der Waals surface area contributed by atoms with Crippen molar-refractivity contribution in [2.24, 2.45) is 10.2 Å². The number of aromatic hydroxyl groups is 1. The van der Waals surface area contributed by atoms with Crippen molar-refractivity contribution in [2.45, 2.75) is 24.0 Å². The summed E-state index contributed by atoms with van der Waals surface area (Å²) in [6.45, 7) is 1.04. The van der Waals surface area contributed by atoms with Crippen LogP contribution in [-0.2, 0) is 22.7 Å². The van der Waals surface area contributed by atoms with E-state index in [0.29, 0.717) is 24.1 Å². The summed E-state index contributed by atoms with van der Waals surface area (Å²) in [7, 11) is 4.73. The van der Waals surface area contributed by atoms with Gasteiger partial charge in [0.05, 0.1) is 10.6 Å². The van der Waals surface area contributed by atoms with Crippen LogP contribution in [0.25, 0.3) is 0 Å². The predicted octanol–water partition coefficient (Wildman–Crippen LogP) is 2.99. The molecule has 0 fully saturated rings. The van der Waals surface area contributed by atoms with Crippen molar-refractivity contribution in [3.8, 4) is 11.9 Å². The van der Waals surface area contributed by atoms with Gasteiger partial charge in [-0.2, -0.15) is 27.9 Å². The molecule has 0 aliphatic carbocycles. The molecule has 0 radical (unpaired) electrons. The molecule has 0 amide bonds. The third-order valence-corrected chi connectivity index (χ3v) is 7.34. The standard InChI is InChI=1S/C23H30F3N7O4S/c1-30(2)11-6-12-33-21(34)18(15-27)19(23(24,25)26)20(22(33)35)29-28-16-7-9-17(10-8-16)38(36,37)32(5)14-13-31(3)4/h7-10,35H,6,11-14H2,1-5H3/b29-28+. The van der Waals surface area contributed by atoms with E-state index in [1.54, 1.807) is 33.1 Å². The van der Waals surface area contributed by atoms with Crippen molar-refractivity contribution in [3.63, 3.8) is 0 Å². The number of sulfonamides is 1. The van der Waals surface area contributed by atoms with Crippen LogP contribution in [0.3, 0.4) is 0 Å². The lowest BCUT2D eigenvalue weighted by Crippen LogP contribution is -2.33. The summed E-state index contributed by atoms with van der Waals surface area (Å²) >= 11 is 0. The number of nitriles is 1. The quantitative estimate of drug-likeness (QED) is 0.420. The molecular formula is C23H30F3N7O4S.